The minimum atomic E-state index is -4.39. The highest BCUT2D eigenvalue weighted by Gasteiger charge is 2.32. The van der Waals surface area contributed by atoms with Crippen molar-refractivity contribution in [1.82, 2.24) is 4.90 Å². The molecule has 0 aliphatic carbocycles. The molecule has 1 aliphatic heterocycles. The summed E-state index contributed by atoms with van der Waals surface area (Å²) in [5.41, 5.74) is 5.44. The van der Waals surface area contributed by atoms with Crippen LogP contribution in [0.1, 0.15) is 42.1 Å². The van der Waals surface area contributed by atoms with Crippen molar-refractivity contribution in [2.75, 3.05) is 6.54 Å². The number of hydrogen-bond donors (Lipinski definition) is 1. The molecule has 1 aromatic rings. The van der Waals surface area contributed by atoms with E-state index < -0.39 is 11.7 Å². The summed E-state index contributed by atoms with van der Waals surface area (Å²) >= 11 is 0. The highest BCUT2D eigenvalue weighted by Crippen LogP contribution is 2.29. The molecule has 0 radical (unpaired) electrons. The van der Waals surface area contributed by atoms with Gasteiger partial charge in [-0.3, -0.25) is 4.79 Å². The molecule has 1 amide bonds. The van der Waals surface area contributed by atoms with Crippen LogP contribution in [0, 0.1) is 0 Å². The second-order valence-electron chi connectivity index (χ2n) is 5.50. The number of carbonyl (C=O) groups excluding carboxylic acids is 1. The average Bonchev–Trinajstić information content (AvgIpc) is 2.45. The van der Waals surface area contributed by atoms with Crippen molar-refractivity contribution in [2.45, 2.75) is 44.4 Å². The highest BCUT2D eigenvalue weighted by atomic mass is 19.4. The molecule has 1 aliphatic rings. The number of benzene rings is 1. The molecule has 0 saturated carbocycles. The third kappa shape index (κ3) is 3.56. The number of halogens is 3. The van der Waals surface area contributed by atoms with Gasteiger partial charge in [-0.2, -0.15) is 13.2 Å². The molecule has 2 atom stereocenters. The van der Waals surface area contributed by atoms with Crippen LogP contribution in [0.25, 0.3) is 0 Å². The summed E-state index contributed by atoms with van der Waals surface area (Å²) in [5, 5.41) is 0. The SMILES string of the molecule is C[C@H](N)[C@@H]1CCCCN1C(=O)c1ccc(C(F)(F)F)cc1. The van der Waals surface area contributed by atoms with Crippen molar-refractivity contribution < 1.29 is 18.0 Å². The molecule has 1 saturated heterocycles. The lowest BCUT2D eigenvalue weighted by Crippen LogP contribution is -2.51. The Labute approximate surface area is 121 Å². The lowest BCUT2D eigenvalue weighted by Gasteiger charge is -2.38. The van der Waals surface area contributed by atoms with Crippen LogP contribution in [0.2, 0.25) is 0 Å². The van der Waals surface area contributed by atoms with E-state index in [-0.39, 0.29) is 23.6 Å². The summed E-state index contributed by atoms with van der Waals surface area (Å²) in [6.07, 6.45) is -1.64. The largest absolute Gasteiger partial charge is 0.416 e. The van der Waals surface area contributed by atoms with E-state index in [0.29, 0.717) is 6.54 Å². The molecule has 0 aromatic heterocycles. The van der Waals surface area contributed by atoms with Crippen LogP contribution >= 0.6 is 0 Å². The maximum absolute atomic E-state index is 12.5. The van der Waals surface area contributed by atoms with Crippen molar-refractivity contribution in [1.29, 1.82) is 0 Å². The minimum absolute atomic E-state index is 0.0476. The molecule has 116 valence electrons. The maximum atomic E-state index is 12.5. The van der Waals surface area contributed by atoms with E-state index in [0.717, 1.165) is 31.4 Å². The molecule has 3 nitrogen and oxygen atoms in total. The van der Waals surface area contributed by atoms with Crippen LogP contribution in [0.15, 0.2) is 24.3 Å². The van der Waals surface area contributed by atoms with Crippen molar-refractivity contribution in [2.24, 2.45) is 5.73 Å². The van der Waals surface area contributed by atoms with Crippen molar-refractivity contribution in [3.8, 4) is 0 Å². The number of piperidine rings is 1. The van der Waals surface area contributed by atoms with Gasteiger partial charge in [-0.25, -0.2) is 0 Å². The number of alkyl halides is 3. The summed E-state index contributed by atoms with van der Waals surface area (Å²) in [4.78, 5) is 14.2. The van der Waals surface area contributed by atoms with E-state index >= 15 is 0 Å². The topological polar surface area (TPSA) is 46.3 Å². The smallest absolute Gasteiger partial charge is 0.334 e. The standard InChI is InChI=1S/C15H19F3N2O/c1-10(19)13-4-2-3-9-20(13)14(21)11-5-7-12(8-6-11)15(16,17)18/h5-8,10,13H,2-4,9,19H2,1H3/t10-,13-/m0/s1. The van der Waals surface area contributed by atoms with Crippen LogP contribution in [0.5, 0.6) is 0 Å². The first-order chi connectivity index (χ1) is 9.80. The van der Waals surface area contributed by atoms with Gasteiger partial charge in [0.25, 0.3) is 5.91 Å². The summed E-state index contributed by atoms with van der Waals surface area (Å²) in [5.74, 6) is -0.245. The molecule has 0 unspecified atom stereocenters. The van der Waals surface area contributed by atoms with Crippen molar-refractivity contribution in [3.63, 3.8) is 0 Å². The lowest BCUT2D eigenvalue weighted by atomic mass is 9.96. The van der Waals surface area contributed by atoms with Crippen LogP contribution in [-0.2, 0) is 6.18 Å². The Hall–Kier alpha value is -1.56. The van der Waals surface area contributed by atoms with Gasteiger partial charge >= 0.3 is 6.18 Å². The summed E-state index contributed by atoms with van der Waals surface area (Å²) < 4.78 is 37.6. The van der Waals surface area contributed by atoms with Gasteiger partial charge in [0.2, 0.25) is 0 Å². The van der Waals surface area contributed by atoms with E-state index in [9.17, 15) is 18.0 Å². The monoisotopic (exact) mass is 300 g/mol. The molecule has 1 fully saturated rings. The first kappa shape index (κ1) is 15.8. The van der Waals surface area contributed by atoms with Gasteiger partial charge in [0, 0.05) is 24.2 Å². The van der Waals surface area contributed by atoms with Gasteiger partial charge in [-0.15, -0.1) is 0 Å². The van der Waals surface area contributed by atoms with Gasteiger partial charge in [0.1, 0.15) is 0 Å². The maximum Gasteiger partial charge on any atom is 0.416 e. The van der Waals surface area contributed by atoms with Crippen LogP contribution in [-0.4, -0.2) is 29.4 Å². The van der Waals surface area contributed by atoms with Crippen LogP contribution in [0.3, 0.4) is 0 Å². The third-order valence-electron chi connectivity index (χ3n) is 3.88. The van der Waals surface area contributed by atoms with Gasteiger partial charge in [-0.1, -0.05) is 0 Å². The predicted molar refractivity (Wildman–Crippen MR) is 73.8 cm³/mol. The van der Waals surface area contributed by atoms with Gasteiger partial charge < -0.3 is 10.6 Å². The Morgan fingerprint density at radius 2 is 1.90 bits per heavy atom. The molecule has 0 bridgehead atoms. The predicted octanol–water partition coefficient (Wildman–Crippen LogP) is 3.05. The fraction of sp³-hybridized carbons (Fsp3) is 0.533. The van der Waals surface area contributed by atoms with E-state index in [1.54, 1.807) is 4.90 Å². The van der Waals surface area contributed by atoms with Gasteiger partial charge in [0.15, 0.2) is 0 Å². The molecule has 2 rings (SSSR count). The van der Waals surface area contributed by atoms with Crippen LogP contribution < -0.4 is 5.73 Å². The number of amides is 1. The number of rotatable bonds is 2. The average molecular weight is 300 g/mol. The number of hydrogen-bond acceptors (Lipinski definition) is 2. The molecule has 1 heterocycles. The molecule has 6 heteroatoms. The second kappa shape index (κ2) is 6.05. The Kier molecular flexibility index (Phi) is 4.56. The molecule has 21 heavy (non-hydrogen) atoms. The van der Waals surface area contributed by atoms with Gasteiger partial charge in [-0.05, 0) is 50.5 Å². The molecular formula is C15H19F3N2O. The van der Waals surface area contributed by atoms with E-state index in [4.69, 9.17) is 5.73 Å². The quantitative estimate of drug-likeness (QED) is 0.912. The normalized spacial score (nSPS) is 21.2. The number of nitrogens with zero attached hydrogens (tertiary/aromatic N) is 1. The van der Waals surface area contributed by atoms with E-state index in [2.05, 4.69) is 0 Å². The first-order valence-electron chi connectivity index (χ1n) is 7.04. The number of nitrogens with two attached hydrogens (primary N) is 1. The van der Waals surface area contributed by atoms with Gasteiger partial charge in [0.05, 0.1) is 5.56 Å². The summed E-state index contributed by atoms with van der Waals surface area (Å²) in [6.45, 7) is 2.45. The summed E-state index contributed by atoms with van der Waals surface area (Å²) in [6, 6.07) is 4.16. The Balaban J connectivity index is 2.19. The fourth-order valence-corrected chi connectivity index (χ4v) is 2.72. The zero-order chi connectivity index (χ0) is 15.6. The molecular weight excluding hydrogens is 281 g/mol. The zero-order valence-electron chi connectivity index (χ0n) is 11.9. The highest BCUT2D eigenvalue weighted by molar-refractivity contribution is 5.94. The third-order valence-corrected chi connectivity index (χ3v) is 3.88. The molecule has 0 spiro atoms. The van der Waals surface area contributed by atoms with Crippen molar-refractivity contribution >= 4 is 5.91 Å². The zero-order valence-corrected chi connectivity index (χ0v) is 11.9. The van der Waals surface area contributed by atoms with Crippen LogP contribution in [0.4, 0.5) is 13.2 Å². The van der Waals surface area contributed by atoms with Crippen molar-refractivity contribution in [3.05, 3.63) is 35.4 Å². The molecule has 1 aromatic carbocycles. The molecule has 2 N–H and O–H groups in total. The first-order valence-corrected chi connectivity index (χ1v) is 7.04. The Morgan fingerprint density at radius 1 is 1.29 bits per heavy atom. The lowest BCUT2D eigenvalue weighted by molar-refractivity contribution is -0.137. The number of carbonyl (C=O) groups is 1. The Morgan fingerprint density at radius 3 is 2.43 bits per heavy atom. The minimum Gasteiger partial charge on any atom is -0.334 e. The van der Waals surface area contributed by atoms with E-state index in [1.165, 1.54) is 12.1 Å². The number of likely N-dealkylation sites (tertiary alicyclic amines) is 1. The fourth-order valence-electron chi connectivity index (χ4n) is 2.72. The Bertz CT molecular complexity index is 497. The summed E-state index contributed by atoms with van der Waals surface area (Å²) in [7, 11) is 0. The van der Waals surface area contributed by atoms with E-state index in [1.807, 2.05) is 6.92 Å². The second-order valence-corrected chi connectivity index (χ2v) is 5.50.